The fraction of sp³-hybridized carbons (Fsp3) is 0.625. The Balaban J connectivity index is 2.10. The van der Waals surface area contributed by atoms with Crippen LogP contribution in [0.3, 0.4) is 0 Å². The summed E-state index contributed by atoms with van der Waals surface area (Å²) >= 11 is 0. The molecule has 2 N–H and O–H groups in total. The van der Waals surface area contributed by atoms with Crippen molar-refractivity contribution in [3.63, 3.8) is 0 Å². The highest BCUT2D eigenvalue weighted by Gasteiger charge is 2.24. The van der Waals surface area contributed by atoms with Crippen LogP contribution in [0.4, 0.5) is 0 Å². The molecule has 0 heterocycles. The summed E-state index contributed by atoms with van der Waals surface area (Å²) in [4.78, 5) is 2.51. The number of ether oxygens (including phenoxy) is 1. The zero-order chi connectivity index (χ0) is 13.7. The quantitative estimate of drug-likeness (QED) is 0.821. The molecule has 1 aromatic rings. The predicted octanol–water partition coefficient (Wildman–Crippen LogP) is 2.82. The van der Waals surface area contributed by atoms with Crippen LogP contribution in [-0.2, 0) is 0 Å². The van der Waals surface area contributed by atoms with Crippen molar-refractivity contribution in [1.29, 1.82) is 0 Å². The third kappa shape index (κ3) is 3.48. The van der Waals surface area contributed by atoms with Gasteiger partial charge in [0.1, 0.15) is 5.75 Å². The molecular formula is C16H26N2O. The second-order valence-corrected chi connectivity index (χ2v) is 5.41. The molecule has 19 heavy (non-hydrogen) atoms. The van der Waals surface area contributed by atoms with Gasteiger partial charge in [0.05, 0.1) is 7.11 Å². The number of methoxy groups -OCH3 is 1. The minimum Gasteiger partial charge on any atom is -0.497 e. The van der Waals surface area contributed by atoms with E-state index < -0.39 is 0 Å². The molecule has 106 valence electrons. The molecule has 3 heteroatoms. The number of likely N-dealkylation sites (N-methyl/N-ethyl adjacent to an activating group) is 1. The number of hydrogen-bond acceptors (Lipinski definition) is 3. The molecule has 1 aromatic carbocycles. The fourth-order valence-electron chi connectivity index (χ4n) is 2.83. The Labute approximate surface area is 116 Å². The molecule has 0 aromatic heterocycles. The first kappa shape index (κ1) is 14.4. The first-order chi connectivity index (χ1) is 9.28. The summed E-state index contributed by atoms with van der Waals surface area (Å²) in [7, 11) is 1.71. The lowest BCUT2D eigenvalue weighted by Crippen LogP contribution is -2.38. The van der Waals surface area contributed by atoms with Gasteiger partial charge in [0.2, 0.25) is 0 Å². The maximum atomic E-state index is 6.03. The van der Waals surface area contributed by atoms with Gasteiger partial charge in [-0.15, -0.1) is 0 Å². The standard InChI is InChI=1S/C16H26N2O/c1-3-18(12-13-6-4-7-13)16(11-17)14-8-5-9-15(10-14)19-2/h5,8-10,13,16H,3-4,6-7,11-12,17H2,1-2H3. The van der Waals surface area contributed by atoms with Gasteiger partial charge in [-0.2, -0.15) is 0 Å². The summed E-state index contributed by atoms with van der Waals surface area (Å²) in [5, 5.41) is 0. The summed E-state index contributed by atoms with van der Waals surface area (Å²) in [6.07, 6.45) is 4.16. The molecule has 1 aliphatic rings. The summed E-state index contributed by atoms with van der Waals surface area (Å²) in [6.45, 7) is 5.11. The minimum atomic E-state index is 0.306. The van der Waals surface area contributed by atoms with Crippen LogP contribution < -0.4 is 10.5 Å². The van der Waals surface area contributed by atoms with Crippen molar-refractivity contribution in [2.75, 3.05) is 26.7 Å². The predicted molar refractivity (Wildman–Crippen MR) is 79.4 cm³/mol. The molecule has 0 radical (unpaired) electrons. The van der Waals surface area contributed by atoms with Gasteiger partial charge >= 0.3 is 0 Å². The van der Waals surface area contributed by atoms with Gasteiger partial charge in [0.25, 0.3) is 0 Å². The fourth-order valence-corrected chi connectivity index (χ4v) is 2.83. The average Bonchev–Trinajstić information content (AvgIpc) is 2.41. The van der Waals surface area contributed by atoms with Crippen LogP contribution in [-0.4, -0.2) is 31.6 Å². The van der Waals surface area contributed by atoms with E-state index in [1.165, 1.54) is 31.4 Å². The van der Waals surface area contributed by atoms with E-state index in [1.807, 2.05) is 12.1 Å². The van der Waals surface area contributed by atoms with Crippen molar-refractivity contribution in [1.82, 2.24) is 4.90 Å². The van der Waals surface area contributed by atoms with E-state index in [0.29, 0.717) is 12.6 Å². The van der Waals surface area contributed by atoms with Crippen LogP contribution in [0.15, 0.2) is 24.3 Å². The van der Waals surface area contributed by atoms with Crippen molar-refractivity contribution in [2.45, 2.75) is 32.2 Å². The molecule has 0 aliphatic heterocycles. The third-order valence-electron chi connectivity index (χ3n) is 4.27. The van der Waals surface area contributed by atoms with Crippen molar-refractivity contribution in [2.24, 2.45) is 11.7 Å². The van der Waals surface area contributed by atoms with Crippen LogP contribution in [0, 0.1) is 5.92 Å². The average molecular weight is 262 g/mol. The van der Waals surface area contributed by atoms with Gasteiger partial charge in [-0.05, 0) is 43.0 Å². The second-order valence-electron chi connectivity index (χ2n) is 5.41. The topological polar surface area (TPSA) is 38.5 Å². The summed E-state index contributed by atoms with van der Waals surface area (Å²) in [5.41, 5.74) is 7.29. The molecule has 1 atom stereocenters. The highest BCUT2D eigenvalue weighted by atomic mass is 16.5. The minimum absolute atomic E-state index is 0.306. The molecule has 3 nitrogen and oxygen atoms in total. The van der Waals surface area contributed by atoms with Crippen molar-refractivity contribution >= 4 is 0 Å². The van der Waals surface area contributed by atoms with Gasteiger partial charge in [0, 0.05) is 19.1 Å². The van der Waals surface area contributed by atoms with Crippen molar-refractivity contribution < 1.29 is 4.74 Å². The lowest BCUT2D eigenvalue weighted by Gasteiger charge is -2.36. The Morgan fingerprint density at radius 2 is 2.21 bits per heavy atom. The molecule has 2 rings (SSSR count). The molecule has 0 bridgehead atoms. The summed E-state index contributed by atoms with van der Waals surface area (Å²) in [5.74, 6) is 1.79. The van der Waals surface area contributed by atoms with Gasteiger partial charge in [0.15, 0.2) is 0 Å². The first-order valence-corrected chi connectivity index (χ1v) is 7.36. The number of rotatable bonds is 7. The number of nitrogens with two attached hydrogens (primary N) is 1. The van der Waals surface area contributed by atoms with Gasteiger partial charge in [-0.1, -0.05) is 25.5 Å². The SMILES string of the molecule is CCN(CC1CCC1)C(CN)c1cccc(OC)c1. The molecule has 1 fully saturated rings. The molecule has 1 saturated carbocycles. The largest absolute Gasteiger partial charge is 0.497 e. The van der Waals surface area contributed by atoms with Crippen molar-refractivity contribution in [3.05, 3.63) is 29.8 Å². The van der Waals surface area contributed by atoms with Crippen LogP contribution in [0.5, 0.6) is 5.75 Å². The summed E-state index contributed by atoms with van der Waals surface area (Å²) < 4.78 is 5.32. The van der Waals surface area contributed by atoms with E-state index in [0.717, 1.165) is 18.2 Å². The van der Waals surface area contributed by atoms with E-state index in [2.05, 4.69) is 24.0 Å². The monoisotopic (exact) mass is 262 g/mol. The van der Waals surface area contributed by atoms with E-state index in [-0.39, 0.29) is 0 Å². The van der Waals surface area contributed by atoms with Crippen molar-refractivity contribution in [3.8, 4) is 5.75 Å². The number of nitrogens with zero attached hydrogens (tertiary/aromatic N) is 1. The second kappa shape index (κ2) is 6.92. The number of hydrogen-bond donors (Lipinski definition) is 1. The Morgan fingerprint density at radius 1 is 1.42 bits per heavy atom. The maximum Gasteiger partial charge on any atom is 0.119 e. The maximum absolute atomic E-state index is 6.03. The highest BCUT2D eigenvalue weighted by molar-refractivity contribution is 5.30. The first-order valence-electron chi connectivity index (χ1n) is 7.36. The van der Waals surface area contributed by atoms with Crippen LogP contribution >= 0.6 is 0 Å². The Hall–Kier alpha value is -1.06. The Bertz CT molecular complexity index is 390. The molecule has 0 saturated heterocycles. The molecule has 0 amide bonds. The molecule has 1 aliphatic carbocycles. The smallest absolute Gasteiger partial charge is 0.119 e. The van der Waals surface area contributed by atoms with Gasteiger partial charge < -0.3 is 10.5 Å². The molecular weight excluding hydrogens is 236 g/mol. The lowest BCUT2D eigenvalue weighted by molar-refractivity contribution is 0.141. The van der Waals surface area contributed by atoms with E-state index in [4.69, 9.17) is 10.5 Å². The molecule has 1 unspecified atom stereocenters. The van der Waals surface area contributed by atoms with Gasteiger partial charge in [-0.25, -0.2) is 0 Å². The third-order valence-corrected chi connectivity index (χ3v) is 4.27. The summed E-state index contributed by atoms with van der Waals surface area (Å²) in [6, 6.07) is 8.61. The van der Waals surface area contributed by atoms with E-state index in [9.17, 15) is 0 Å². The molecule has 0 spiro atoms. The normalized spacial score (nSPS) is 17.3. The van der Waals surface area contributed by atoms with Crippen LogP contribution in [0.1, 0.15) is 37.8 Å². The zero-order valence-electron chi connectivity index (χ0n) is 12.1. The Morgan fingerprint density at radius 3 is 2.74 bits per heavy atom. The van der Waals surface area contributed by atoms with Crippen LogP contribution in [0.2, 0.25) is 0 Å². The zero-order valence-corrected chi connectivity index (χ0v) is 12.1. The van der Waals surface area contributed by atoms with E-state index >= 15 is 0 Å². The van der Waals surface area contributed by atoms with E-state index in [1.54, 1.807) is 7.11 Å². The van der Waals surface area contributed by atoms with Gasteiger partial charge in [-0.3, -0.25) is 4.90 Å². The number of benzene rings is 1. The van der Waals surface area contributed by atoms with Crippen LogP contribution in [0.25, 0.3) is 0 Å². The lowest BCUT2D eigenvalue weighted by atomic mass is 9.84. The Kier molecular flexibility index (Phi) is 5.23. The highest BCUT2D eigenvalue weighted by Crippen LogP contribution is 2.30.